The molecule has 5 nitrogen and oxygen atoms in total. The lowest BCUT2D eigenvalue weighted by Gasteiger charge is -2.26. The van der Waals surface area contributed by atoms with Gasteiger partial charge in [-0.05, 0) is 37.4 Å². The molecule has 6 heteroatoms. The standard InChI is InChI=1S/C21H35NO4Si/c1-6-21(7-2,17-22-25-18-24-15-16-27(3,4)5)14-13-20(23)26-19-11-9-8-10-12-19/h8-12,17H,6-7,13-16,18H2,1-5H3/b22-17+. The maximum Gasteiger partial charge on any atom is 0.311 e. The maximum atomic E-state index is 12.1. The highest BCUT2D eigenvalue weighted by Gasteiger charge is 2.26. The van der Waals surface area contributed by atoms with Crippen molar-refractivity contribution in [2.24, 2.45) is 10.6 Å². The first-order valence-electron chi connectivity index (χ1n) is 9.80. The van der Waals surface area contributed by atoms with Crippen LogP contribution in [0.1, 0.15) is 39.5 Å². The second-order valence-electron chi connectivity index (χ2n) is 8.06. The molecule has 0 heterocycles. The first kappa shape index (κ1) is 23.4. The van der Waals surface area contributed by atoms with E-state index >= 15 is 0 Å². The van der Waals surface area contributed by atoms with Crippen LogP contribution in [0, 0.1) is 5.41 Å². The van der Waals surface area contributed by atoms with E-state index in [1.165, 1.54) is 0 Å². The monoisotopic (exact) mass is 393 g/mol. The Kier molecular flexibility index (Phi) is 10.3. The summed E-state index contributed by atoms with van der Waals surface area (Å²) < 4.78 is 10.8. The van der Waals surface area contributed by atoms with E-state index < -0.39 is 8.07 Å². The van der Waals surface area contributed by atoms with E-state index in [1.807, 2.05) is 24.4 Å². The van der Waals surface area contributed by atoms with Gasteiger partial charge in [0, 0.05) is 26.5 Å². The molecule has 0 spiro atoms. The molecule has 0 unspecified atom stereocenters. The van der Waals surface area contributed by atoms with Crippen molar-refractivity contribution in [1.82, 2.24) is 0 Å². The number of rotatable bonds is 13. The highest BCUT2D eigenvalue weighted by Crippen LogP contribution is 2.30. The number of oxime groups is 1. The average Bonchev–Trinajstić information content (AvgIpc) is 2.64. The fourth-order valence-electron chi connectivity index (χ4n) is 2.53. The molecule has 0 aliphatic carbocycles. The van der Waals surface area contributed by atoms with Crippen molar-refractivity contribution in [2.75, 3.05) is 13.4 Å². The van der Waals surface area contributed by atoms with Gasteiger partial charge in [0.05, 0.1) is 6.21 Å². The predicted molar refractivity (Wildman–Crippen MR) is 113 cm³/mol. The van der Waals surface area contributed by atoms with Crippen LogP contribution in [0.2, 0.25) is 25.7 Å². The van der Waals surface area contributed by atoms with Crippen LogP contribution in [0.3, 0.4) is 0 Å². The number of hydrogen-bond donors (Lipinski definition) is 0. The molecule has 1 rings (SSSR count). The fraction of sp³-hybridized carbons (Fsp3) is 0.619. The Morgan fingerprint density at radius 2 is 1.81 bits per heavy atom. The summed E-state index contributed by atoms with van der Waals surface area (Å²) in [5.41, 5.74) is -0.173. The SMILES string of the molecule is CCC(/C=N/OCOCC[Si](C)(C)C)(CC)CCC(=O)Oc1ccccc1. The number of para-hydroxylation sites is 1. The van der Waals surface area contributed by atoms with E-state index in [9.17, 15) is 4.79 Å². The van der Waals surface area contributed by atoms with Gasteiger partial charge in [-0.2, -0.15) is 0 Å². The summed E-state index contributed by atoms with van der Waals surface area (Å²) in [4.78, 5) is 17.4. The summed E-state index contributed by atoms with van der Waals surface area (Å²) in [7, 11) is -1.08. The number of hydrogen-bond acceptors (Lipinski definition) is 5. The number of benzene rings is 1. The van der Waals surface area contributed by atoms with Gasteiger partial charge in [0.1, 0.15) is 5.75 Å². The van der Waals surface area contributed by atoms with E-state index in [0.717, 1.165) is 18.9 Å². The first-order chi connectivity index (χ1) is 12.8. The van der Waals surface area contributed by atoms with Crippen LogP contribution in [-0.2, 0) is 14.4 Å². The quantitative estimate of drug-likeness (QED) is 0.0845. The van der Waals surface area contributed by atoms with Gasteiger partial charge >= 0.3 is 5.97 Å². The molecule has 0 saturated carbocycles. The largest absolute Gasteiger partial charge is 0.427 e. The first-order valence-corrected chi connectivity index (χ1v) is 13.5. The molecule has 0 fully saturated rings. The molecule has 1 aromatic carbocycles. The minimum absolute atomic E-state index is 0.167. The molecule has 0 aromatic heterocycles. The summed E-state index contributed by atoms with van der Waals surface area (Å²) in [5.74, 6) is 0.352. The second-order valence-corrected chi connectivity index (χ2v) is 13.7. The van der Waals surface area contributed by atoms with E-state index in [4.69, 9.17) is 14.3 Å². The van der Waals surface area contributed by atoms with Crippen molar-refractivity contribution in [3.8, 4) is 5.75 Å². The van der Waals surface area contributed by atoms with Crippen molar-refractivity contribution >= 4 is 20.3 Å². The molecule has 27 heavy (non-hydrogen) atoms. The molecular weight excluding hydrogens is 358 g/mol. The summed E-state index contributed by atoms with van der Waals surface area (Å²) in [6.45, 7) is 12.0. The van der Waals surface area contributed by atoms with Crippen LogP contribution in [0.15, 0.2) is 35.5 Å². The third-order valence-corrected chi connectivity index (χ3v) is 6.45. The molecule has 0 aliphatic rings. The molecule has 0 saturated heterocycles. The highest BCUT2D eigenvalue weighted by atomic mass is 28.3. The van der Waals surface area contributed by atoms with Crippen molar-refractivity contribution in [3.05, 3.63) is 30.3 Å². The topological polar surface area (TPSA) is 57.1 Å². The van der Waals surface area contributed by atoms with Gasteiger partial charge in [0.2, 0.25) is 6.79 Å². The van der Waals surface area contributed by atoms with Crippen LogP contribution >= 0.6 is 0 Å². The van der Waals surface area contributed by atoms with Gasteiger partial charge in [-0.3, -0.25) is 4.79 Å². The third-order valence-electron chi connectivity index (χ3n) is 4.74. The lowest BCUT2D eigenvalue weighted by atomic mass is 9.79. The number of carbonyl (C=O) groups excluding carboxylic acids is 1. The molecule has 0 bridgehead atoms. The minimum atomic E-state index is -1.08. The van der Waals surface area contributed by atoms with Crippen LogP contribution in [-0.4, -0.2) is 33.7 Å². The minimum Gasteiger partial charge on any atom is -0.427 e. The smallest absolute Gasteiger partial charge is 0.311 e. The van der Waals surface area contributed by atoms with Gasteiger partial charge in [0.15, 0.2) is 0 Å². The summed E-state index contributed by atoms with van der Waals surface area (Å²) in [6.07, 6.45) is 4.60. The molecule has 0 atom stereocenters. The van der Waals surface area contributed by atoms with E-state index in [2.05, 4.69) is 38.6 Å². The van der Waals surface area contributed by atoms with Crippen LogP contribution in [0.5, 0.6) is 5.75 Å². The van der Waals surface area contributed by atoms with Gasteiger partial charge < -0.3 is 14.3 Å². The normalized spacial score (nSPS) is 12.3. The Labute approximate surface area is 165 Å². The molecule has 152 valence electrons. The third kappa shape index (κ3) is 10.3. The van der Waals surface area contributed by atoms with E-state index in [1.54, 1.807) is 12.1 Å². The van der Waals surface area contributed by atoms with Crippen molar-refractivity contribution in [2.45, 2.75) is 65.2 Å². The summed E-state index contributed by atoms with van der Waals surface area (Å²) >= 11 is 0. The molecule has 0 amide bonds. The average molecular weight is 394 g/mol. The Morgan fingerprint density at radius 1 is 1.15 bits per heavy atom. The zero-order chi connectivity index (χ0) is 20.2. The van der Waals surface area contributed by atoms with E-state index in [-0.39, 0.29) is 18.2 Å². The lowest BCUT2D eigenvalue weighted by molar-refractivity contribution is -0.134. The molecular formula is C21H35NO4Si. The van der Waals surface area contributed by atoms with Crippen LogP contribution in [0.4, 0.5) is 0 Å². The molecule has 1 aromatic rings. The zero-order valence-corrected chi connectivity index (χ0v) is 18.5. The zero-order valence-electron chi connectivity index (χ0n) is 17.5. The predicted octanol–water partition coefficient (Wildman–Crippen LogP) is 5.49. The molecule has 0 radical (unpaired) electrons. The van der Waals surface area contributed by atoms with Crippen LogP contribution in [0.25, 0.3) is 0 Å². The van der Waals surface area contributed by atoms with Gasteiger partial charge in [-0.15, -0.1) is 0 Å². The maximum absolute atomic E-state index is 12.1. The van der Waals surface area contributed by atoms with Crippen molar-refractivity contribution < 1.29 is 19.1 Å². The van der Waals surface area contributed by atoms with Gasteiger partial charge in [-0.1, -0.05) is 56.8 Å². The van der Waals surface area contributed by atoms with Gasteiger partial charge in [0.25, 0.3) is 0 Å². The Hall–Kier alpha value is -1.66. The Balaban J connectivity index is 2.39. The second kappa shape index (κ2) is 11.9. The Bertz CT molecular complexity index is 565. The van der Waals surface area contributed by atoms with E-state index in [0.29, 0.717) is 25.2 Å². The summed E-state index contributed by atoms with van der Waals surface area (Å²) in [6, 6.07) is 10.3. The molecule has 0 N–H and O–H groups in total. The highest BCUT2D eigenvalue weighted by molar-refractivity contribution is 6.76. The van der Waals surface area contributed by atoms with Crippen LogP contribution < -0.4 is 4.74 Å². The summed E-state index contributed by atoms with van der Waals surface area (Å²) in [5, 5.41) is 4.09. The number of carbonyl (C=O) groups is 1. The number of ether oxygens (including phenoxy) is 2. The number of nitrogens with zero attached hydrogens (tertiary/aromatic N) is 1. The fourth-order valence-corrected chi connectivity index (χ4v) is 3.28. The van der Waals surface area contributed by atoms with Crippen molar-refractivity contribution in [1.29, 1.82) is 0 Å². The van der Waals surface area contributed by atoms with Crippen molar-refractivity contribution in [3.63, 3.8) is 0 Å². The Morgan fingerprint density at radius 3 is 2.41 bits per heavy atom. The number of esters is 1. The molecule has 0 aliphatic heterocycles. The lowest BCUT2D eigenvalue weighted by Crippen LogP contribution is -2.24. The van der Waals surface area contributed by atoms with Gasteiger partial charge in [-0.25, -0.2) is 0 Å².